The van der Waals surface area contributed by atoms with Crippen LogP contribution in [0.15, 0.2) is 91.0 Å². The third-order valence-electron chi connectivity index (χ3n) is 6.22. The third kappa shape index (κ3) is 3.30. The highest BCUT2D eigenvalue weighted by Gasteiger charge is 2.14. The Morgan fingerprint density at radius 3 is 1.82 bits per heavy atom. The van der Waals surface area contributed by atoms with E-state index < -0.39 is 0 Å². The molecule has 0 aliphatic carbocycles. The first-order valence-corrected chi connectivity index (χ1v) is 11.2. The Labute approximate surface area is 196 Å². The molecule has 1 heterocycles. The molecule has 5 heteroatoms. The standard InChI is InChI=1S/C29H22N4O/c1-33(2)20-14-12-19(13-15-20)30-29(34)18-11-16-25-26(17-18)32-28-24-10-6-4-8-22(24)21-7-3-5-9-23(21)27(28)31-25/h3-17H,1-2H3,(H,30,34). The zero-order valence-electron chi connectivity index (χ0n) is 18.9. The van der Waals surface area contributed by atoms with Gasteiger partial charge in [-0.1, -0.05) is 48.5 Å². The Kier molecular flexibility index (Phi) is 4.62. The molecule has 6 rings (SSSR count). The van der Waals surface area contributed by atoms with E-state index in [1.807, 2.05) is 79.7 Å². The van der Waals surface area contributed by atoms with Gasteiger partial charge in [0.2, 0.25) is 0 Å². The van der Waals surface area contributed by atoms with E-state index in [-0.39, 0.29) is 5.91 Å². The van der Waals surface area contributed by atoms with Crippen LogP contribution in [0, 0.1) is 0 Å². The Morgan fingerprint density at radius 1 is 0.676 bits per heavy atom. The van der Waals surface area contributed by atoms with E-state index in [4.69, 9.17) is 9.97 Å². The highest BCUT2D eigenvalue weighted by atomic mass is 16.1. The molecule has 0 unspecified atom stereocenters. The number of anilines is 2. The average Bonchev–Trinajstić information content (AvgIpc) is 2.88. The number of hydrogen-bond donors (Lipinski definition) is 1. The molecule has 0 aliphatic rings. The fourth-order valence-corrected chi connectivity index (χ4v) is 4.47. The first-order valence-electron chi connectivity index (χ1n) is 11.2. The first kappa shape index (κ1) is 20.1. The van der Waals surface area contributed by atoms with Gasteiger partial charge in [-0.3, -0.25) is 4.79 Å². The molecule has 0 radical (unpaired) electrons. The number of nitrogens with one attached hydrogen (secondary N) is 1. The summed E-state index contributed by atoms with van der Waals surface area (Å²) in [5.41, 5.74) is 5.55. The van der Waals surface area contributed by atoms with Crippen molar-refractivity contribution in [2.75, 3.05) is 24.3 Å². The van der Waals surface area contributed by atoms with E-state index in [2.05, 4.69) is 29.6 Å². The monoisotopic (exact) mass is 442 g/mol. The zero-order chi connectivity index (χ0) is 23.2. The van der Waals surface area contributed by atoms with Gasteiger partial charge in [0.1, 0.15) is 0 Å². The van der Waals surface area contributed by atoms with Gasteiger partial charge in [-0.05, 0) is 53.2 Å². The molecule has 0 atom stereocenters. The molecule has 0 aliphatic heterocycles. The lowest BCUT2D eigenvalue weighted by molar-refractivity contribution is 0.102. The Hall–Kier alpha value is -4.51. The fraction of sp³-hybridized carbons (Fsp3) is 0.0690. The number of amides is 1. The van der Waals surface area contributed by atoms with Crippen LogP contribution >= 0.6 is 0 Å². The molecule has 0 saturated heterocycles. The zero-order valence-corrected chi connectivity index (χ0v) is 18.9. The van der Waals surface area contributed by atoms with Crippen molar-refractivity contribution < 1.29 is 4.79 Å². The minimum atomic E-state index is -0.176. The Bertz CT molecular complexity index is 1720. The van der Waals surface area contributed by atoms with Crippen LogP contribution in [0.2, 0.25) is 0 Å². The van der Waals surface area contributed by atoms with Crippen LogP contribution in [0.3, 0.4) is 0 Å². The van der Waals surface area contributed by atoms with E-state index >= 15 is 0 Å². The van der Waals surface area contributed by atoms with Crippen molar-refractivity contribution in [2.45, 2.75) is 0 Å². The lowest BCUT2D eigenvalue weighted by atomic mass is 9.99. The number of aromatic nitrogens is 2. The summed E-state index contributed by atoms with van der Waals surface area (Å²) in [6.07, 6.45) is 0. The predicted octanol–water partition coefficient (Wildman–Crippen LogP) is 6.41. The van der Waals surface area contributed by atoms with Crippen molar-refractivity contribution >= 4 is 60.9 Å². The molecule has 5 aromatic carbocycles. The normalized spacial score (nSPS) is 11.4. The number of carbonyl (C=O) groups is 1. The Morgan fingerprint density at radius 2 is 1.24 bits per heavy atom. The minimum absolute atomic E-state index is 0.176. The highest BCUT2D eigenvalue weighted by molar-refractivity contribution is 6.23. The lowest BCUT2D eigenvalue weighted by Crippen LogP contribution is -2.12. The predicted molar refractivity (Wildman–Crippen MR) is 141 cm³/mol. The highest BCUT2D eigenvalue weighted by Crippen LogP contribution is 2.34. The van der Waals surface area contributed by atoms with Gasteiger partial charge in [0.25, 0.3) is 5.91 Å². The molecular formula is C29H22N4O. The second-order valence-electron chi connectivity index (χ2n) is 8.61. The van der Waals surface area contributed by atoms with Crippen LogP contribution in [0.1, 0.15) is 10.4 Å². The molecule has 1 N–H and O–H groups in total. The van der Waals surface area contributed by atoms with Crippen LogP contribution in [0.5, 0.6) is 0 Å². The van der Waals surface area contributed by atoms with Gasteiger partial charge in [0.05, 0.1) is 22.1 Å². The van der Waals surface area contributed by atoms with Gasteiger partial charge >= 0.3 is 0 Å². The summed E-state index contributed by atoms with van der Waals surface area (Å²) in [5.74, 6) is -0.176. The van der Waals surface area contributed by atoms with Crippen LogP contribution < -0.4 is 10.2 Å². The van der Waals surface area contributed by atoms with E-state index in [9.17, 15) is 4.79 Å². The molecule has 0 saturated carbocycles. The second kappa shape index (κ2) is 7.81. The topological polar surface area (TPSA) is 58.1 Å². The van der Waals surface area contributed by atoms with Gasteiger partial charge in [-0.25, -0.2) is 9.97 Å². The van der Waals surface area contributed by atoms with Crippen LogP contribution in [0.4, 0.5) is 11.4 Å². The van der Waals surface area contributed by atoms with E-state index in [0.29, 0.717) is 11.1 Å². The minimum Gasteiger partial charge on any atom is -0.378 e. The maximum Gasteiger partial charge on any atom is 0.255 e. The summed E-state index contributed by atoms with van der Waals surface area (Å²) in [4.78, 5) is 24.9. The fourth-order valence-electron chi connectivity index (χ4n) is 4.47. The summed E-state index contributed by atoms with van der Waals surface area (Å²) in [5, 5.41) is 7.42. The van der Waals surface area contributed by atoms with E-state index in [0.717, 1.165) is 49.5 Å². The average molecular weight is 443 g/mol. The summed E-state index contributed by atoms with van der Waals surface area (Å²) in [7, 11) is 3.97. The summed E-state index contributed by atoms with van der Waals surface area (Å²) >= 11 is 0. The molecular weight excluding hydrogens is 420 g/mol. The quantitative estimate of drug-likeness (QED) is 0.254. The maximum atomic E-state index is 13.0. The van der Waals surface area contributed by atoms with Crippen molar-refractivity contribution in [2.24, 2.45) is 0 Å². The van der Waals surface area contributed by atoms with E-state index in [1.54, 1.807) is 6.07 Å². The van der Waals surface area contributed by atoms with Crippen LogP contribution in [-0.4, -0.2) is 30.0 Å². The molecule has 34 heavy (non-hydrogen) atoms. The van der Waals surface area contributed by atoms with Crippen molar-refractivity contribution in [3.8, 4) is 0 Å². The van der Waals surface area contributed by atoms with Gasteiger partial charge in [-0.15, -0.1) is 0 Å². The molecule has 0 spiro atoms. The molecule has 1 aromatic heterocycles. The summed E-state index contributed by atoms with van der Waals surface area (Å²) in [6, 6.07) is 29.8. The van der Waals surface area contributed by atoms with Gasteiger partial charge in [0.15, 0.2) is 0 Å². The molecule has 1 amide bonds. The molecule has 5 nitrogen and oxygen atoms in total. The van der Waals surface area contributed by atoms with Gasteiger partial charge in [0, 0.05) is 41.8 Å². The number of hydrogen-bond acceptors (Lipinski definition) is 4. The Balaban J connectivity index is 1.46. The van der Waals surface area contributed by atoms with Crippen LogP contribution in [0.25, 0.3) is 43.6 Å². The van der Waals surface area contributed by atoms with Gasteiger partial charge < -0.3 is 10.2 Å². The number of carbonyl (C=O) groups excluding carboxylic acids is 1. The van der Waals surface area contributed by atoms with E-state index in [1.165, 1.54) is 0 Å². The first-order chi connectivity index (χ1) is 16.6. The lowest BCUT2D eigenvalue weighted by Gasteiger charge is -2.13. The maximum absolute atomic E-state index is 13.0. The molecule has 0 fully saturated rings. The summed E-state index contributed by atoms with van der Waals surface area (Å²) < 4.78 is 0. The number of fused-ring (bicyclic) bond motifs is 7. The smallest absolute Gasteiger partial charge is 0.255 e. The molecule has 164 valence electrons. The largest absolute Gasteiger partial charge is 0.378 e. The molecule has 0 bridgehead atoms. The number of rotatable bonds is 3. The van der Waals surface area contributed by atoms with Crippen molar-refractivity contribution in [1.82, 2.24) is 9.97 Å². The van der Waals surface area contributed by atoms with Gasteiger partial charge in [-0.2, -0.15) is 0 Å². The van der Waals surface area contributed by atoms with Crippen molar-refractivity contribution in [3.63, 3.8) is 0 Å². The second-order valence-corrected chi connectivity index (χ2v) is 8.61. The van der Waals surface area contributed by atoms with Crippen molar-refractivity contribution in [1.29, 1.82) is 0 Å². The van der Waals surface area contributed by atoms with Crippen LogP contribution in [-0.2, 0) is 0 Å². The number of benzene rings is 5. The van der Waals surface area contributed by atoms with Crippen molar-refractivity contribution in [3.05, 3.63) is 96.6 Å². The summed E-state index contributed by atoms with van der Waals surface area (Å²) in [6.45, 7) is 0. The third-order valence-corrected chi connectivity index (χ3v) is 6.22. The number of nitrogens with zero attached hydrogens (tertiary/aromatic N) is 3. The molecule has 6 aromatic rings. The SMILES string of the molecule is CN(C)c1ccc(NC(=O)c2ccc3nc4c5ccccc5c5ccccc5c4nc3c2)cc1.